The van der Waals surface area contributed by atoms with Gasteiger partial charge in [-0.1, -0.05) is 19.1 Å². The Morgan fingerprint density at radius 3 is 2.86 bits per heavy atom. The van der Waals surface area contributed by atoms with Crippen LogP contribution in [-0.2, 0) is 13.0 Å². The fourth-order valence-corrected chi connectivity index (χ4v) is 1.96. The van der Waals surface area contributed by atoms with Gasteiger partial charge in [-0.05, 0) is 30.7 Å². The Balaban J connectivity index is 2.62. The predicted octanol–water partition coefficient (Wildman–Crippen LogP) is 2.45. The van der Waals surface area contributed by atoms with Gasteiger partial charge in [-0.2, -0.15) is 0 Å². The number of rotatable bonds is 3. The maximum atomic E-state index is 3.31. The Labute approximate surface area is 84.3 Å². The molecule has 14 heavy (non-hydrogen) atoms. The number of hydrogen-bond acceptors (Lipinski definition) is 1. The average Bonchev–Trinajstić information content (AvgIpc) is 2.62. The zero-order valence-corrected chi connectivity index (χ0v) is 8.72. The molecular weight excluding hydrogens is 172 g/mol. The second-order valence-corrected chi connectivity index (χ2v) is 3.54. The fraction of sp³-hybridized carbons (Fsp3) is 0.333. The van der Waals surface area contributed by atoms with E-state index in [0.29, 0.717) is 0 Å². The number of aromatic nitrogens is 1. The Hall–Kier alpha value is -1.28. The van der Waals surface area contributed by atoms with E-state index in [1.165, 1.54) is 22.0 Å². The molecule has 2 N–H and O–H groups in total. The van der Waals surface area contributed by atoms with Crippen molar-refractivity contribution >= 4 is 10.9 Å². The minimum absolute atomic E-state index is 0.928. The molecule has 1 aromatic heterocycles. The van der Waals surface area contributed by atoms with E-state index in [1.807, 2.05) is 7.05 Å². The first-order valence-electron chi connectivity index (χ1n) is 5.09. The van der Waals surface area contributed by atoms with E-state index in [4.69, 9.17) is 0 Å². The molecule has 0 aliphatic heterocycles. The van der Waals surface area contributed by atoms with Crippen LogP contribution in [-0.4, -0.2) is 12.0 Å². The maximum absolute atomic E-state index is 3.31. The normalized spacial score (nSPS) is 11.0. The highest BCUT2D eigenvalue weighted by atomic mass is 14.8. The first kappa shape index (κ1) is 9.28. The molecule has 0 bridgehead atoms. The Morgan fingerprint density at radius 2 is 2.14 bits per heavy atom. The third kappa shape index (κ3) is 1.42. The van der Waals surface area contributed by atoms with E-state index < -0.39 is 0 Å². The molecule has 0 unspecified atom stereocenters. The number of H-pyrrole nitrogens is 1. The number of aromatic amines is 1. The molecule has 0 aliphatic carbocycles. The lowest BCUT2D eigenvalue weighted by atomic mass is 10.0. The van der Waals surface area contributed by atoms with Crippen LogP contribution < -0.4 is 5.32 Å². The molecule has 0 amide bonds. The molecule has 0 radical (unpaired) electrons. The molecule has 0 spiro atoms. The molecule has 74 valence electrons. The van der Waals surface area contributed by atoms with Crippen LogP contribution in [0.1, 0.15) is 18.1 Å². The van der Waals surface area contributed by atoms with Crippen molar-refractivity contribution in [3.8, 4) is 0 Å². The average molecular weight is 188 g/mol. The largest absolute Gasteiger partial charge is 0.361 e. The van der Waals surface area contributed by atoms with E-state index in [0.717, 1.165) is 13.0 Å². The summed E-state index contributed by atoms with van der Waals surface area (Å²) in [5, 5.41) is 4.59. The summed E-state index contributed by atoms with van der Waals surface area (Å²) >= 11 is 0. The lowest BCUT2D eigenvalue weighted by molar-refractivity contribution is 0.822. The minimum atomic E-state index is 0.928. The molecule has 2 nitrogen and oxygen atoms in total. The molecule has 0 aliphatic rings. The van der Waals surface area contributed by atoms with Crippen molar-refractivity contribution < 1.29 is 0 Å². The van der Waals surface area contributed by atoms with Crippen molar-refractivity contribution in [2.24, 2.45) is 0 Å². The molecule has 1 heterocycles. The second-order valence-electron chi connectivity index (χ2n) is 3.54. The van der Waals surface area contributed by atoms with Gasteiger partial charge in [-0.15, -0.1) is 0 Å². The first-order chi connectivity index (χ1) is 6.86. The van der Waals surface area contributed by atoms with Crippen LogP contribution in [0.25, 0.3) is 10.9 Å². The van der Waals surface area contributed by atoms with Crippen LogP contribution in [0.4, 0.5) is 0 Å². The quantitative estimate of drug-likeness (QED) is 0.760. The molecule has 0 fully saturated rings. The van der Waals surface area contributed by atoms with E-state index in [9.17, 15) is 0 Å². The lowest BCUT2D eigenvalue weighted by Crippen LogP contribution is -2.04. The van der Waals surface area contributed by atoms with Gasteiger partial charge < -0.3 is 10.3 Å². The van der Waals surface area contributed by atoms with Gasteiger partial charge in [0.15, 0.2) is 0 Å². The van der Waals surface area contributed by atoms with Gasteiger partial charge in [0.05, 0.1) is 0 Å². The van der Waals surface area contributed by atoms with Crippen LogP contribution in [0.5, 0.6) is 0 Å². The van der Waals surface area contributed by atoms with E-state index in [-0.39, 0.29) is 0 Å². The highest BCUT2D eigenvalue weighted by molar-refractivity contribution is 5.86. The standard InChI is InChI=1S/C12H16N2/c1-3-9-5-4-6-11-12(9)10(7-13-2)8-14-11/h4-6,8,13-14H,3,7H2,1-2H3. The van der Waals surface area contributed by atoms with Crippen molar-refractivity contribution in [1.82, 2.24) is 10.3 Å². The van der Waals surface area contributed by atoms with Gasteiger partial charge in [0.2, 0.25) is 0 Å². The minimum Gasteiger partial charge on any atom is -0.361 e. The highest BCUT2D eigenvalue weighted by Crippen LogP contribution is 2.22. The number of aryl methyl sites for hydroxylation is 1. The second kappa shape index (κ2) is 3.84. The monoisotopic (exact) mass is 188 g/mol. The van der Waals surface area contributed by atoms with Crippen LogP contribution in [0, 0.1) is 0 Å². The van der Waals surface area contributed by atoms with Crippen molar-refractivity contribution in [3.63, 3.8) is 0 Å². The van der Waals surface area contributed by atoms with Gasteiger partial charge in [0, 0.05) is 23.6 Å². The molecule has 0 saturated heterocycles. The molecule has 0 atom stereocenters. The van der Waals surface area contributed by atoms with Crippen molar-refractivity contribution in [3.05, 3.63) is 35.5 Å². The van der Waals surface area contributed by atoms with Crippen molar-refractivity contribution in [2.45, 2.75) is 19.9 Å². The van der Waals surface area contributed by atoms with Gasteiger partial charge in [-0.25, -0.2) is 0 Å². The lowest BCUT2D eigenvalue weighted by Gasteiger charge is -2.02. The smallest absolute Gasteiger partial charge is 0.0460 e. The van der Waals surface area contributed by atoms with Gasteiger partial charge >= 0.3 is 0 Å². The van der Waals surface area contributed by atoms with Gasteiger partial charge in [0.1, 0.15) is 0 Å². The first-order valence-corrected chi connectivity index (χ1v) is 5.09. The number of fused-ring (bicyclic) bond motifs is 1. The van der Waals surface area contributed by atoms with Crippen LogP contribution in [0.15, 0.2) is 24.4 Å². The summed E-state index contributed by atoms with van der Waals surface area (Å²) in [6.07, 6.45) is 3.19. The highest BCUT2D eigenvalue weighted by Gasteiger charge is 2.05. The number of hydrogen-bond donors (Lipinski definition) is 2. The molecule has 0 saturated carbocycles. The third-order valence-electron chi connectivity index (χ3n) is 2.62. The molecule has 2 aromatic rings. The molecule has 2 heteroatoms. The van der Waals surface area contributed by atoms with E-state index in [2.05, 4.69) is 41.6 Å². The van der Waals surface area contributed by atoms with Gasteiger partial charge in [0.25, 0.3) is 0 Å². The summed E-state index contributed by atoms with van der Waals surface area (Å²) in [6, 6.07) is 6.45. The number of nitrogens with one attached hydrogen (secondary N) is 2. The Bertz CT molecular complexity index is 429. The Morgan fingerprint density at radius 1 is 1.29 bits per heavy atom. The van der Waals surface area contributed by atoms with Crippen LogP contribution in [0.2, 0.25) is 0 Å². The van der Waals surface area contributed by atoms with Crippen molar-refractivity contribution in [2.75, 3.05) is 7.05 Å². The van der Waals surface area contributed by atoms with Crippen LogP contribution in [0.3, 0.4) is 0 Å². The summed E-state index contributed by atoms with van der Waals surface area (Å²) in [5.74, 6) is 0. The van der Waals surface area contributed by atoms with Gasteiger partial charge in [-0.3, -0.25) is 0 Å². The Kier molecular flexibility index (Phi) is 2.55. The SMILES string of the molecule is CCc1cccc2[nH]cc(CNC)c12. The fourth-order valence-electron chi connectivity index (χ4n) is 1.96. The predicted molar refractivity (Wildman–Crippen MR) is 60.4 cm³/mol. The zero-order valence-electron chi connectivity index (χ0n) is 8.72. The van der Waals surface area contributed by atoms with E-state index >= 15 is 0 Å². The summed E-state index contributed by atoms with van der Waals surface area (Å²) in [4.78, 5) is 3.31. The summed E-state index contributed by atoms with van der Waals surface area (Å²) < 4.78 is 0. The number of benzene rings is 1. The maximum Gasteiger partial charge on any atom is 0.0460 e. The summed E-state index contributed by atoms with van der Waals surface area (Å²) in [6.45, 7) is 3.13. The van der Waals surface area contributed by atoms with E-state index in [1.54, 1.807) is 0 Å². The molecule has 1 aromatic carbocycles. The molecule has 2 rings (SSSR count). The summed E-state index contributed by atoms with van der Waals surface area (Å²) in [7, 11) is 1.98. The topological polar surface area (TPSA) is 27.8 Å². The summed E-state index contributed by atoms with van der Waals surface area (Å²) in [5.41, 5.74) is 4.03. The zero-order chi connectivity index (χ0) is 9.97. The third-order valence-corrected chi connectivity index (χ3v) is 2.62. The van der Waals surface area contributed by atoms with Crippen LogP contribution >= 0.6 is 0 Å². The molecular formula is C12H16N2. The van der Waals surface area contributed by atoms with Crippen molar-refractivity contribution in [1.29, 1.82) is 0 Å².